The molecule has 0 unspecified atom stereocenters. The van der Waals surface area contributed by atoms with E-state index in [9.17, 15) is 9.59 Å². The van der Waals surface area contributed by atoms with Crippen LogP contribution < -0.4 is 4.48 Å². The molecule has 0 saturated carbocycles. The molecule has 0 aliphatic carbocycles. The Morgan fingerprint density at radius 3 is 1.89 bits per heavy atom. The van der Waals surface area contributed by atoms with Gasteiger partial charge in [0.25, 0.3) is 0 Å². The number of ketones is 1. The van der Waals surface area contributed by atoms with Crippen molar-refractivity contribution in [2.75, 3.05) is 13.7 Å². The number of fused-ring (bicyclic) bond motifs is 1. The van der Waals surface area contributed by atoms with E-state index >= 15 is 0 Å². The average Bonchev–Trinajstić information content (AvgIpc) is 3.42. The molecule has 0 fully saturated rings. The fourth-order valence-corrected chi connectivity index (χ4v) is 6.39. The number of carbonyl (C=O) groups is 2. The fourth-order valence-electron chi connectivity index (χ4n) is 6.39. The lowest BCUT2D eigenvalue weighted by molar-refractivity contribution is -0.143. The number of quaternary nitrogens is 1. The van der Waals surface area contributed by atoms with Crippen molar-refractivity contribution in [2.45, 2.75) is 60.4 Å². The molecule has 46 heavy (non-hydrogen) atoms. The topological polar surface area (TPSA) is 48.3 Å². The van der Waals surface area contributed by atoms with Gasteiger partial charge in [-0.25, -0.2) is 4.48 Å². The zero-order valence-electron chi connectivity index (χ0n) is 28.1. The fraction of sp³-hybridized carbons (Fsp3) is 0.317. The van der Waals surface area contributed by atoms with Crippen LogP contribution in [-0.4, -0.2) is 30.0 Å². The van der Waals surface area contributed by atoms with Crippen LogP contribution in [0.2, 0.25) is 0 Å². The van der Waals surface area contributed by atoms with E-state index in [1.165, 1.54) is 11.1 Å². The quantitative estimate of drug-likeness (QED) is 0.0753. The van der Waals surface area contributed by atoms with E-state index in [0.717, 1.165) is 40.8 Å². The smallest absolute Gasteiger partial charge is 0.307 e. The van der Waals surface area contributed by atoms with Gasteiger partial charge in [-0.3, -0.25) is 9.59 Å². The zero-order valence-corrected chi connectivity index (χ0v) is 28.1. The number of esters is 1. The number of benzene rings is 4. The van der Waals surface area contributed by atoms with Gasteiger partial charge in [-0.05, 0) is 48.8 Å². The molecule has 238 valence electrons. The van der Waals surface area contributed by atoms with Crippen LogP contribution in [0.4, 0.5) is 17.1 Å². The maximum atomic E-state index is 14.2. The predicted molar refractivity (Wildman–Crippen MR) is 190 cm³/mol. The largest absolute Gasteiger partial charge is 0.466 e. The van der Waals surface area contributed by atoms with Crippen LogP contribution in [0.15, 0.2) is 103 Å². The molecule has 4 aromatic carbocycles. The molecule has 5 aromatic rings. The molecule has 0 aliphatic rings. The van der Waals surface area contributed by atoms with Crippen LogP contribution >= 0.6 is 0 Å². The molecule has 0 saturated heterocycles. The number of para-hydroxylation sites is 1. The number of hydrogen-bond acceptors (Lipinski definition) is 3. The maximum Gasteiger partial charge on any atom is 0.307 e. The van der Waals surface area contributed by atoms with Crippen LogP contribution in [0.1, 0.15) is 68.1 Å². The van der Waals surface area contributed by atoms with E-state index in [4.69, 9.17) is 4.74 Å². The Kier molecular flexibility index (Phi) is 10.2. The van der Waals surface area contributed by atoms with E-state index < -0.39 is 0 Å². The number of aromatic nitrogens is 1. The molecule has 0 atom stereocenters. The average molecular weight is 616 g/mol. The van der Waals surface area contributed by atoms with Gasteiger partial charge < -0.3 is 9.30 Å². The Balaban J connectivity index is 1.56. The van der Waals surface area contributed by atoms with Gasteiger partial charge in [-0.2, -0.15) is 0 Å². The molecule has 0 spiro atoms. The highest BCUT2D eigenvalue weighted by Crippen LogP contribution is 2.43. The number of hydrogen-bond donors (Lipinski definition) is 0. The SMILES string of the molecule is CCOC(=O)CCn1cc(C(=O)c2cccc([N+](C)(c3ccc(CC(C)C)cc3)c3ccc(CC(C)C)cc3)c2)c2ccccc21. The monoisotopic (exact) mass is 615 g/mol. The first kappa shape index (κ1) is 32.9. The van der Waals surface area contributed by atoms with Crippen LogP contribution in [-0.2, 0) is 28.9 Å². The summed E-state index contributed by atoms with van der Waals surface area (Å²) in [5, 5.41) is 0.875. The van der Waals surface area contributed by atoms with Gasteiger partial charge in [0, 0.05) is 71.2 Å². The molecule has 1 aromatic heterocycles. The summed E-state index contributed by atoms with van der Waals surface area (Å²) in [5.74, 6) is 0.879. The molecule has 5 rings (SSSR count). The van der Waals surface area contributed by atoms with Crippen LogP contribution in [0.3, 0.4) is 0 Å². The first-order valence-electron chi connectivity index (χ1n) is 16.5. The Morgan fingerprint density at radius 2 is 1.33 bits per heavy atom. The number of rotatable bonds is 13. The lowest BCUT2D eigenvalue weighted by atomic mass is 9.99. The highest BCUT2D eigenvalue weighted by molar-refractivity contribution is 6.16. The van der Waals surface area contributed by atoms with Crippen molar-refractivity contribution in [3.05, 3.63) is 126 Å². The summed E-state index contributed by atoms with van der Waals surface area (Å²) in [6.45, 7) is 11.6. The minimum absolute atomic E-state index is 0.0425. The van der Waals surface area contributed by atoms with E-state index in [-0.39, 0.29) is 18.2 Å². The van der Waals surface area contributed by atoms with E-state index in [1.54, 1.807) is 6.92 Å². The minimum Gasteiger partial charge on any atom is -0.466 e. The molecule has 0 bridgehead atoms. The Hall–Kier alpha value is -4.48. The number of aryl methyl sites for hydroxylation is 1. The summed E-state index contributed by atoms with van der Waals surface area (Å²) in [6.07, 6.45) is 4.20. The second-order valence-electron chi connectivity index (χ2n) is 13.2. The molecular weight excluding hydrogens is 568 g/mol. The predicted octanol–water partition coefficient (Wildman–Crippen LogP) is 9.82. The minimum atomic E-state index is -0.243. The third-order valence-electron chi connectivity index (χ3n) is 8.71. The summed E-state index contributed by atoms with van der Waals surface area (Å²) in [6, 6.07) is 33.8. The normalized spacial score (nSPS) is 11.8. The number of ether oxygens (including phenoxy) is 1. The Morgan fingerprint density at radius 1 is 0.739 bits per heavy atom. The first-order chi connectivity index (χ1) is 22.1. The van der Waals surface area contributed by atoms with Gasteiger partial charge in [-0.15, -0.1) is 0 Å². The summed E-state index contributed by atoms with van der Waals surface area (Å²) < 4.78 is 7.55. The van der Waals surface area contributed by atoms with Crippen LogP contribution in [0.5, 0.6) is 0 Å². The summed E-state index contributed by atoms with van der Waals surface area (Å²) in [7, 11) is 2.21. The van der Waals surface area contributed by atoms with Gasteiger partial charge in [0.15, 0.2) is 5.78 Å². The van der Waals surface area contributed by atoms with Gasteiger partial charge >= 0.3 is 5.97 Å². The third kappa shape index (κ3) is 7.16. The molecular formula is C41H47N2O3+. The Bertz CT molecular complexity index is 1740. The van der Waals surface area contributed by atoms with Crippen LogP contribution in [0.25, 0.3) is 10.9 Å². The highest BCUT2D eigenvalue weighted by Gasteiger charge is 2.32. The lowest BCUT2D eigenvalue weighted by Gasteiger charge is -2.34. The van der Waals surface area contributed by atoms with Crippen molar-refractivity contribution in [2.24, 2.45) is 11.8 Å². The van der Waals surface area contributed by atoms with Crippen molar-refractivity contribution in [1.29, 1.82) is 0 Å². The second-order valence-corrected chi connectivity index (χ2v) is 13.2. The van der Waals surface area contributed by atoms with E-state index in [1.807, 2.05) is 53.2 Å². The zero-order chi connectivity index (χ0) is 32.8. The van der Waals surface area contributed by atoms with E-state index in [0.29, 0.717) is 40.6 Å². The standard InChI is InChI=1S/C41H47N2O3/c1-7-46-40(44)23-24-42-28-38(37-13-8-9-14-39(37)42)41(45)33-11-10-12-36(27-33)43(6,34-19-15-31(16-20-34)25-29(2)3)35-21-17-32(18-22-35)26-30(4)5/h8-22,27-30H,7,23-26H2,1-6H3/q+1. The van der Waals surface area contributed by atoms with Crippen molar-refractivity contribution in [1.82, 2.24) is 9.05 Å². The maximum absolute atomic E-state index is 14.2. The number of nitrogens with zero attached hydrogens (tertiary/aromatic N) is 2. The summed E-state index contributed by atoms with van der Waals surface area (Å²) in [5.41, 5.74) is 8.08. The van der Waals surface area contributed by atoms with Crippen molar-refractivity contribution < 1.29 is 14.3 Å². The number of carbonyl (C=O) groups excluding carboxylic acids is 2. The summed E-state index contributed by atoms with van der Waals surface area (Å²) in [4.78, 5) is 26.4. The molecule has 5 heteroatoms. The van der Waals surface area contributed by atoms with Crippen molar-refractivity contribution in [3.63, 3.8) is 0 Å². The molecule has 0 N–H and O–H groups in total. The second kappa shape index (κ2) is 14.3. The highest BCUT2D eigenvalue weighted by atomic mass is 16.5. The molecule has 5 nitrogen and oxygen atoms in total. The summed E-state index contributed by atoms with van der Waals surface area (Å²) >= 11 is 0. The molecule has 1 heterocycles. The van der Waals surface area contributed by atoms with Gasteiger partial charge in [0.1, 0.15) is 17.1 Å². The third-order valence-corrected chi connectivity index (χ3v) is 8.71. The lowest BCUT2D eigenvalue weighted by Crippen LogP contribution is -2.34. The van der Waals surface area contributed by atoms with Crippen LogP contribution in [0, 0.1) is 11.8 Å². The van der Waals surface area contributed by atoms with Crippen molar-refractivity contribution in [3.8, 4) is 0 Å². The Labute approximate surface area is 274 Å². The van der Waals surface area contributed by atoms with Gasteiger partial charge in [0.05, 0.1) is 20.1 Å². The molecule has 0 aliphatic heterocycles. The first-order valence-corrected chi connectivity index (χ1v) is 16.5. The molecule has 0 radical (unpaired) electrons. The van der Waals surface area contributed by atoms with Gasteiger partial charge in [0.2, 0.25) is 0 Å². The molecule has 0 amide bonds. The van der Waals surface area contributed by atoms with E-state index in [2.05, 4.69) is 89.3 Å². The van der Waals surface area contributed by atoms with Crippen molar-refractivity contribution >= 4 is 39.7 Å². The van der Waals surface area contributed by atoms with Gasteiger partial charge in [-0.1, -0.05) is 82.3 Å².